The van der Waals surface area contributed by atoms with Crippen molar-refractivity contribution in [1.29, 1.82) is 0 Å². The number of esters is 1. The van der Waals surface area contributed by atoms with Gasteiger partial charge in [0, 0.05) is 0 Å². The van der Waals surface area contributed by atoms with Gasteiger partial charge in [-0.2, -0.15) is 0 Å². The summed E-state index contributed by atoms with van der Waals surface area (Å²) < 4.78 is 5.41. The van der Waals surface area contributed by atoms with Gasteiger partial charge in [-0.25, -0.2) is 0 Å². The monoisotopic (exact) mass is 211 g/mol. The first-order chi connectivity index (χ1) is 6.81. The van der Waals surface area contributed by atoms with Crippen LogP contribution in [0.5, 0.6) is 0 Å². The van der Waals surface area contributed by atoms with Crippen LogP contribution in [0.2, 0.25) is 0 Å². The fourth-order valence-corrected chi connectivity index (χ4v) is 3.00. The van der Waals surface area contributed by atoms with Crippen LogP contribution in [0, 0.1) is 11.8 Å². The molecule has 2 aliphatic carbocycles. The molecule has 0 saturated heterocycles. The minimum absolute atomic E-state index is 0.192. The van der Waals surface area contributed by atoms with Crippen LogP contribution in [0.1, 0.15) is 46.5 Å². The number of rotatable bonds is 1. The minimum atomic E-state index is -0.684. The molecule has 2 aliphatic rings. The van der Waals surface area contributed by atoms with Crippen LogP contribution >= 0.6 is 0 Å². The fraction of sp³-hybridized carbons (Fsp3) is 0.917. The molecule has 3 atom stereocenters. The highest BCUT2D eigenvalue weighted by Crippen LogP contribution is 2.50. The van der Waals surface area contributed by atoms with Gasteiger partial charge in [-0.05, 0) is 51.9 Å². The quantitative estimate of drug-likeness (QED) is 0.673. The van der Waals surface area contributed by atoms with Gasteiger partial charge in [0.1, 0.15) is 11.1 Å². The maximum absolute atomic E-state index is 12.0. The molecule has 2 fully saturated rings. The molecule has 2 N–H and O–H groups in total. The Labute approximate surface area is 91.4 Å². The third kappa shape index (κ3) is 1.89. The number of hydrogen-bond acceptors (Lipinski definition) is 3. The molecular weight excluding hydrogens is 190 g/mol. The zero-order chi connectivity index (χ0) is 11.3. The van der Waals surface area contributed by atoms with E-state index in [0.29, 0.717) is 11.8 Å². The van der Waals surface area contributed by atoms with Crippen molar-refractivity contribution in [3.05, 3.63) is 0 Å². The highest BCUT2D eigenvalue weighted by atomic mass is 16.6. The Bertz CT molecular complexity index is 282. The fourth-order valence-electron chi connectivity index (χ4n) is 3.00. The van der Waals surface area contributed by atoms with Gasteiger partial charge < -0.3 is 10.5 Å². The largest absolute Gasteiger partial charge is 0.459 e. The first-order valence-corrected chi connectivity index (χ1v) is 5.83. The van der Waals surface area contributed by atoms with Gasteiger partial charge in [0.05, 0.1) is 0 Å². The summed E-state index contributed by atoms with van der Waals surface area (Å²) in [7, 11) is 0. The number of carbonyl (C=O) groups excluding carboxylic acids is 1. The Balaban J connectivity index is 2.07. The van der Waals surface area contributed by atoms with Gasteiger partial charge in [-0.15, -0.1) is 0 Å². The summed E-state index contributed by atoms with van der Waals surface area (Å²) >= 11 is 0. The van der Waals surface area contributed by atoms with Crippen molar-refractivity contribution in [2.45, 2.75) is 57.6 Å². The van der Waals surface area contributed by atoms with Crippen molar-refractivity contribution < 1.29 is 9.53 Å². The average molecular weight is 211 g/mol. The van der Waals surface area contributed by atoms with Crippen LogP contribution < -0.4 is 5.73 Å². The topological polar surface area (TPSA) is 52.3 Å². The minimum Gasteiger partial charge on any atom is -0.459 e. The van der Waals surface area contributed by atoms with Crippen LogP contribution in [0.3, 0.4) is 0 Å². The standard InChI is InChI=1S/C12H21NO2/c1-11(2,3)15-10(14)12(13)7-8-4-5-9(12)6-8/h8-9H,4-7,13H2,1-3H3. The van der Waals surface area contributed by atoms with Crippen LogP contribution in [-0.2, 0) is 9.53 Å². The lowest BCUT2D eigenvalue weighted by Crippen LogP contribution is -2.54. The molecule has 15 heavy (non-hydrogen) atoms. The molecular formula is C12H21NO2. The molecule has 0 aliphatic heterocycles. The number of carbonyl (C=O) groups is 1. The summed E-state index contributed by atoms with van der Waals surface area (Å²) in [4.78, 5) is 12.0. The lowest BCUT2D eigenvalue weighted by atomic mass is 9.82. The molecule has 86 valence electrons. The number of fused-ring (bicyclic) bond motifs is 2. The highest BCUT2D eigenvalue weighted by molar-refractivity contribution is 5.82. The molecule has 0 heterocycles. The van der Waals surface area contributed by atoms with Crippen molar-refractivity contribution in [2.75, 3.05) is 0 Å². The van der Waals surface area contributed by atoms with E-state index in [0.717, 1.165) is 19.3 Å². The van der Waals surface area contributed by atoms with Crippen LogP contribution in [0.25, 0.3) is 0 Å². The number of hydrogen-bond donors (Lipinski definition) is 1. The third-order valence-corrected chi connectivity index (χ3v) is 3.68. The van der Waals surface area contributed by atoms with Crippen molar-refractivity contribution in [3.8, 4) is 0 Å². The van der Waals surface area contributed by atoms with Gasteiger partial charge in [0.2, 0.25) is 0 Å². The molecule has 0 amide bonds. The van der Waals surface area contributed by atoms with E-state index >= 15 is 0 Å². The third-order valence-electron chi connectivity index (χ3n) is 3.68. The van der Waals surface area contributed by atoms with E-state index in [1.807, 2.05) is 20.8 Å². The van der Waals surface area contributed by atoms with Crippen LogP contribution in [0.4, 0.5) is 0 Å². The van der Waals surface area contributed by atoms with Crippen LogP contribution in [0.15, 0.2) is 0 Å². The second kappa shape index (κ2) is 3.21. The molecule has 2 saturated carbocycles. The molecule has 0 aromatic carbocycles. The molecule has 2 bridgehead atoms. The van der Waals surface area contributed by atoms with E-state index in [1.165, 1.54) is 6.42 Å². The molecule has 0 radical (unpaired) electrons. The molecule has 2 rings (SSSR count). The van der Waals surface area contributed by atoms with E-state index in [2.05, 4.69) is 0 Å². The lowest BCUT2D eigenvalue weighted by molar-refractivity contribution is -0.163. The zero-order valence-electron chi connectivity index (χ0n) is 9.88. The summed E-state index contributed by atoms with van der Waals surface area (Å²) in [5.41, 5.74) is 5.11. The Hall–Kier alpha value is -0.570. The first kappa shape index (κ1) is 10.9. The summed E-state index contributed by atoms with van der Waals surface area (Å²) in [6.07, 6.45) is 4.29. The predicted molar refractivity (Wildman–Crippen MR) is 58.2 cm³/mol. The van der Waals surface area contributed by atoms with Crippen molar-refractivity contribution in [1.82, 2.24) is 0 Å². The van der Waals surface area contributed by atoms with E-state index < -0.39 is 11.1 Å². The Kier molecular flexibility index (Phi) is 2.34. The normalized spacial score (nSPS) is 39.5. The van der Waals surface area contributed by atoms with Gasteiger partial charge in [-0.3, -0.25) is 4.79 Å². The Morgan fingerprint density at radius 2 is 2.07 bits per heavy atom. The molecule has 0 aromatic heterocycles. The molecule has 3 unspecified atom stereocenters. The summed E-state index contributed by atoms with van der Waals surface area (Å²) in [5, 5.41) is 0. The highest BCUT2D eigenvalue weighted by Gasteiger charge is 2.54. The maximum atomic E-state index is 12.0. The van der Waals surface area contributed by atoms with Crippen molar-refractivity contribution in [2.24, 2.45) is 17.6 Å². The van der Waals surface area contributed by atoms with Gasteiger partial charge in [0.25, 0.3) is 0 Å². The first-order valence-electron chi connectivity index (χ1n) is 5.83. The zero-order valence-corrected chi connectivity index (χ0v) is 9.88. The molecule has 3 nitrogen and oxygen atoms in total. The Morgan fingerprint density at radius 1 is 1.40 bits per heavy atom. The van der Waals surface area contributed by atoms with Gasteiger partial charge >= 0.3 is 5.97 Å². The van der Waals surface area contributed by atoms with Crippen LogP contribution in [-0.4, -0.2) is 17.1 Å². The summed E-state index contributed by atoms with van der Waals surface area (Å²) in [6.45, 7) is 5.67. The van der Waals surface area contributed by atoms with E-state index in [-0.39, 0.29) is 5.97 Å². The van der Waals surface area contributed by atoms with Crippen molar-refractivity contribution >= 4 is 5.97 Å². The number of ether oxygens (including phenoxy) is 1. The van der Waals surface area contributed by atoms with E-state index in [1.54, 1.807) is 0 Å². The number of nitrogens with two attached hydrogens (primary N) is 1. The molecule has 0 aromatic rings. The summed E-state index contributed by atoms with van der Waals surface area (Å²) in [5.74, 6) is 0.826. The van der Waals surface area contributed by atoms with E-state index in [4.69, 9.17) is 10.5 Å². The SMILES string of the molecule is CC(C)(C)OC(=O)C1(N)CC2CCC1C2. The Morgan fingerprint density at radius 3 is 2.47 bits per heavy atom. The second-order valence-corrected chi connectivity index (χ2v) is 6.12. The average Bonchev–Trinajstić information content (AvgIpc) is 2.60. The molecule has 3 heteroatoms. The lowest BCUT2D eigenvalue weighted by Gasteiger charge is -2.34. The second-order valence-electron chi connectivity index (χ2n) is 6.12. The summed E-state index contributed by atoms with van der Waals surface area (Å²) in [6, 6.07) is 0. The van der Waals surface area contributed by atoms with Gasteiger partial charge in [-0.1, -0.05) is 6.42 Å². The molecule has 0 spiro atoms. The van der Waals surface area contributed by atoms with Gasteiger partial charge in [0.15, 0.2) is 0 Å². The predicted octanol–water partition coefficient (Wildman–Crippen LogP) is 1.85. The van der Waals surface area contributed by atoms with E-state index in [9.17, 15) is 4.79 Å². The maximum Gasteiger partial charge on any atom is 0.326 e. The smallest absolute Gasteiger partial charge is 0.326 e. The van der Waals surface area contributed by atoms with Crippen molar-refractivity contribution in [3.63, 3.8) is 0 Å².